The molecule has 0 atom stereocenters. The Morgan fingerprint density at radius 3 is 2.48 bits per heavy atom. The molecule has 0 saturated carbocycles. The largest absolute Gasteiger partial charge is 0.504 e. The number of hydrogen-bond donors (Lipinski definition) is 1. The second-order valence-corrected chi connectivity index (χ2v) is 5.73. The van der Waals surface area contributed by atoms with E-state index in [-0.39, 0.29) is 11.8 Å². The van der Waals surface area contributed by atoms with Crippen LogP contribution in [0.5, 0.6) is 11.5 Å². The predicted octanol–water partition coefficient (Wildman–Crippen LogP) is 3.55. The van der Waals surface area contributed by atoms with Crippen LogP contribution in [-0.4, -0.2) is 34.9 Å². The molecule has 5 nitrogen and oxygen atoms in total. The minimum Gasteiger partial charge on any atom is -0.504 e. The quantitative estimate of drug-likeness (QED) is 0.902. The molecule has 0 spiro atoms. The van der Waals surface area contributed by atoms with Gasteiger partial charge in [0.05, 0.1) is 6.61 Å². The lowest BCUT2D eigenvalue weighted by Gasteiger charge is -2.26. The van der Waals surface area contributed by atoms with Gasteiger partial charge in [0, 0.05) is 13.1 Å². The van der Waals surface area contributed by atoms with Gasteiger partial charge in [0.1, 0.15) is 5.60 Å². The molecule has 1 rings (SSSR count). The Labute approximate surface area is 126 Å². The molecule has 1 amide bonds. The van der Waals surface area contributed by atoms with Crippen molar-refractivity contribution in [3.63, 3.8) is 0 Å². The summed E-state index contributed by atoms with van der Waals surface area (Å²) >= 11 is 0. The lowest BCUT2D eigenvalue weighted by Crippen LogP contribution is -2.36. The van der Waals surface area contributed by atoms with Crippen molar-refractivity contribution in [3.8, 4) is 11.5 Å². The van der Waals surface area contributed by atoms with Gasteiger partial charge in [-0.05, 0) is 52.3 Å². The number of carbonyl (C=O) groups excluding carboxylic acids is 1. The van der Waals surface area contributed by atoms with Crippen molar-refractivity contribution in [3.05, 3.63) is 23.8 Å². The van der Waals surface area contributed by atoms with E-state index in [0.717, 1.165) is 5.56 Å². The Hall–Kier alpha value is -1.91. The third kappa shape index (κ3) is 5.53. The normalized spacial score (nSPS) is 11.1. The molecule has 0 aliphatic rings. The van der Waals surface area contributed by atoms with Crippen LogP contribution in [0.3, 0.4) is 0 Å². The monoisotopic (exact) mass is 295 g/mol. The molecule has 0 bridgehead atoms. The van der Waals surface area contributed by atoms with Crippen LogP contribution in [-0.2, 0) is 11.3 Å². The molecule has 118 valence electrons. The van der Waals surface area contributed by atoms with E-state index < -0.39 is 5.60 Å². The maximum Gasteiger partial charge on any atom is 0.410 e. The Bertz CT molecular complexity index is 480. The molecule has 21 heavy (non-hydrogen) atoms. The standard InChI is InChI=1S/C16H25NO4/c1-6-17(15(19)21-16(3,4)5)11-12-8-9-13(18)14(10-12)20-7-2/h8-10,18H,6-7,11H2,1-5H3. The second-order valence-electron chi connectivity index (χ2n) is 5.73. The molecule has 0 aromatic heterocycles. The molecule has 1 N–H and O–H groups in total. The number of amides is 1. The van der Waals surface area contributed by atoms with Crippen LogP contribution in [0.25, 0.3) is 0 Å². The van der Waals surface area contributed by atoms with Gasteiger partial charge in [-0.25, -0.2) is 4.79 Å². The van der Waals surface area contributed by atoms with Crippen LogP contribution in [0.1, 0.15) is 40.2 Å². The van der Waals surface area contributed by atoms with Crippen molar-refractivity contribution in [1.82, 2.24) is 4.90 Å². The van der Waals surface area contributed by atoms with Gasteiger partial charge < -0.3 is 19.5 Å². The first-order valence-electron chi connectivity index (χ1n) is 7.19. The molecule has 0 radical (unpaired) electrons. The predicted molar refractivity (Wildman–Crippen MR) is 81.6 cm³/mol. The topological polar surface area (TPSA) is 59.0 Å². The number of rotatable bonds is 5. The van der Waals surface area contributed by atoms with Crippen LogP contribution in [0, 0.1) is 0 Å². The van der Waals surface area contributed by atoms with Gasteiger partial charge in [-0.15, -0.1) is 0 Å². The van der Waals surface area contributed by atoms with Crippen LogP contribution in [0.2, 0.25) is 0 Å². The minimum absolute atomic E-state index is 0.0981. The third-order valence-electron chi connectivity index (χ3n) is 2.73. The zero-order chi connectivity index (χ0) is 16.0. The van der Waals surface area contributed by atoms with E-state index in [9.17, 15) is 9.90 Å². The molecular formula is C16H25NO4. The summed E-state index contributed by atoms with van der Waals surface area (Å²) in [6, 6.07) is 5.08. The molecule has 0 fully saturated rings. The molecular weight excluding hydrogens is 270 g/mol. The zero-order valence-electron chi connectivity index (χ0n) is 13.5. The average molecular weight is 295 g/mol. The first-order valence-corrected chi connectivity index (χ1v) is 7.19. The van der Waals surface area contributed by atoms with E-state index in [2.05, 4.69) is 0 Å². The Morgan fingerprint density at radius 1 is 1.29 bits per heavy atom. The summed E-state index contributed by atoms with van der Waals surface area (Å²) < 4.78 is 10.7. The van der Waals surface area contributed by atoms with Gasteiger partial charge in [0.25, 0.3) is 0 Å². The van der Waals surface area contributed by atoms with Crippen molar-refractivity contribution in [2.75, 3.05) is 13.2 Å². The lowest BCUT2D eigenvalue weighted by atomic mass is 10.2. The number of nitrogens with zero attached hydrogens (tertiary/aromatic N) is 1. The Balaban J connectivity index is 2.82. The summed E-state index contributed by atoms with van der Waals surface area (Å²) in [5.74, 6) is 0.524. The molecule has 0 heterocycles. The minimum atomic E-state index is -0.518. The van der Waals surface area contributed by atoms with Gasteiger partial charge in [-0.3, -0.25) is 0 Å². The van der Waals surface area contributed by atoms with Crippen LogP contribution < -0.4 is 4.74 Å². The van der Waals surface area contributed by atoms with E-state index in [1.165, 1.54) is 0 Å². The Morgan fingerprint density at radius 2 is 1.95 bits per heavy atom. The molecule has 0 unspecified atom stereocenters. The number of carbonyl (C=O) groups is 1. The number of hydrogen-bond acceptors (Lipinski definition) is 4. The van der Waals surface area contributed by atoms with Crippen molar-refractivity contribution < 1.29 is 19.4 Å². The maximum absolute atomic E-state index is 12.1. The molecule has 0 aliphatic carbocycles. The number of ether oxygens (including phenoxy) is 2. The third-order valence-corrected chi connectivity index (χ3v) is 2.73. The van der Waals surface area contributed by atoms with Crippen molar-refractivity contribution >= 4 is 6.09 Å². The molecule has 0 saturated heterocycles. The Kier molecular flexibility index (Phi) is 5.88. The van der Waals surface area contributed by atoms with E-state index in [4.69, 9.17) is 9.47 Å². The van der Waals surface area contributed by atoms with E-state index in [1.54, 1.807) is 23.1 Å². The fraction of sp³-hybridized carbons (Fsp3) is 0.562. The maximum atomic E-state index is 12.1. The molecule has 0 aliphatic heterocycles. The smallest absolute Gasteiger partial charge is 0.410 e. The zero-order valence-corrected chi connectivity index (χ0v) is 13.5. The SMILES string of the molecule is CCOc1cc(CN(CC)C(=O)OC(C)(C)C)ccc1O. The van der Waals surface area contributed by atoms with Gasteiger partial charge in [0.15, 0.2) is 11.5 Å². The lowest BCUT2D eigenvalue weighted by molar-refractivity contribution is 0.0244. The van der Waals surface area contributed by atoms with E-state index in [1.807, 2.05) is 34.6 Å². The highest BCUT2D eigenvalue weighted by Crippen LogP contribution is 2.27. The van der Waals surface area contributed by atoms with Gasteiger partial charge in [-0.2, -0.15) is 0 Å². The highest BCUT2D eigenvalue weighted by Gasteiger charge is 2.21. The number of phenolic OH excluding ortho intramolecular Hbond substituents is 1. The number of benzene rings is 1. The van der Waals surface area contributed by atoms with Gasteiger partial charge in [-0.1, -0.05) is 6.07 Å². The molecule has 1 aromatic rings. The first kappa shape index (κ1) is 17.1. The summed E-state index contributed by atoms with van der Waals surface area (Å²) in [5.41, 5.74) is 0.361. The fourth-order valence-electron chi connectivity index (χ4n) is 1.78. The van der Waals surface area contributed by atoms with E-state index in [0.29, 0.717) is 25.4 Å². The van der Waals surface area contributed by atoms with Crippen LogP contribution in [0.4, 0.5) is 4.79 Å². The first-order chi connectivity index (χ1) is 9.76. The van der Waals surface area contributed by atoms with Gasteiger partial charge >= 0.3 is 6.09 Å². The van der Waals surface area contributed by atoms with Crippen molar-refractivity contribution in [1.29, 1.82) is 0 Å². The summed E-state index contributed by atoms with van der Waals surface area (Å²) in [7, 11) is 0. The van der Waals surface area contributed by atoms with E-state index >= 15 is 0 Å². The second kappa shape index (κ2) is 7.20. The number of phenols is 1. The summed E-state index contributed by atoms with van der Waals surface area (Å²) in [5, 5.41) is 9.69. The fourth-order valence-corrected chi connectivity index (χ4v) is 1.78. The highest BCUT2D eigenvalue weighted by molar-refractivity contribution is 5.68. The average Bonchev–Trinajstić information content (AvgIpc) is 2.37. The summed E-state index contributed by atoms with van der Waals surface area (Å²) in [6.45, 7) is 10.7. The summed E-state index contributed by atoms with van der Waals surface area (Å²) in [6.07, 6.45) is -0.351. The summed E-state index contributed by atoms with van der Waals surface area (Å²) in [4.78, 5) is 13.7. The van der Waals surface area contributed by atoms with Gasteiger partial charge in [0.2, 0.25) is 0 Å². The van der Waals surface area contributed by atoms with Crippen molar-refractivity contribution in [2.45, 2.75) is 46.8 Å². The molecule has 5 heteroatoms. The van der Waals surface area contributed by atoms with Crippen LogP contribution in [0.15, 0.2) is 18.2 Å². The number of aromatic hydroxyl groups is 1. The van der Waals surface area contributed by atoms with Crippen molar-refractivity contribution in [2.24, 2.45) is 0 Å². The molecule has 1 aromatic carbocycles. The van der Waals surface area contributed by atoms with Crippen LogP contribution >= 0.6 is 0 Å². The highest BCUT2D eigenvalue weighted by atomic mass is 16.6.